The van der Waals surface area contributed by atoms with Gasteiger partial charge in [-0.05, 0) is 31.1 Å². The van der Waals surface area contributed by atoms with E-state index in [0.717, 1.165) is 18.3 Å². The molecule has 1 aliphatic carbocycles. The Kier molecular flexibility index (Phi) is 5.03. The Hall–Kier alpha value is -0.0800. The molecule has 0 saturated heterocycles. The number of hydrogen-bond acceptors (Lipinski definition) is 2. The van der Waals surface area contributed by atoms with E-state index in [1.165, 1.54) is 12.8 Å². The summed E-state index contributed by atoms with van der Waals surface area (Å²) in [4.78, 5) is 0. The monoisotopic (exact) mass is 241 g/mol. The van der Waals surface area contributed by atoms with Crippen LogP contribution in [0.5, 0.6) is 0 Å². The molecule has 0 spiro atoms. The Bertz CT molecular complexity index is 225. The van der Waals surface area contributed by atoms with Crippen LogP contribution in [0.2, 0.25) is 0 Å². The average Bonchev–Trinajstić information content (AvgIpc) is 2.15. The smallest absolute Gasteiger partial charge is 0.0621 e. The number of nitrogens with one attached hydrogen (secondary N) is 1. The molecule has 1 fully saturated rings. The minimum atomic E-state index is -0.126. The highest BCUT2D eigenvalue weighted by atomic mass is 16.3. The molecule has 2 heteroatoms. The van der Waals surface area contributed by atoms with Crippen molar-refractivity contribution in [2.45, 2.75) is 79.0 Å². The Labute approximate surface area is 107 Å². The lowest BCUT2D eigenvalue weighted by Crippen LogP contribution is -2.62. The normalized spacial score (nSPS) is 27.9. The first-order chi connectivity index (χ1) is 7.73. The SMILES string of the molecule is CC(C)CC(CC(C)C)NC1CC(O)C1(C)C. The minimum absolute atomic E-state index is 0.0478. The fourth-order valence-electron chi connectivity index (χ4n) is 2.84. The van der Waals surface area contributed by atoms with Gasteiger partial charge in [-0.1, -0.05) is 41.5 Å². The van der Waals surface area contributed by atoms with Gasteiger partial charge in [-0.25, -0.2) is 0 Å². The van der Waals surface area contributed by atoms with Crippen LogP contribution >= 0.6 is 0 Å². The molecule has 0 aliphatic heterocycles. The lowest BCUT2D eigenvalue weighted by Gasteiger charge is -2.51. The van der Waals surface area contributed by atoms with Gasteiger partial charge in [0.15, 0.2) is 0 Å². The van der Waals surface area contributed by atoms with E-state index >= 15 is 0 Å². The number of hydrogen-bond donors (Lipinski definition) is 2. The van der Waals surface area contributed by atoms with E-state index in [2.05, 4.69) is 46.9 Å². The first kappa shape index (κ1) is 15.0. The van der Waals surface area contributed by atoms with Gasteiger partial charge in [0, 0.05) is 17.5 Å². The van der Waals surface area contributed by atoms with Crippen molar-refractivity contribution in [2.75, 3.05) is 0 Å². The first-order valence-electron chi connectivity index (χ1n) is 7.17. The minimum Gasteiger partial charge on any atom is -0.392 e. The third-order valence-electron chi connectivity index (χ3n) is 4.16. The zero-order chi connectivity index (χ0) is 13.2. The van der Waals surface area contributed by atoms with Gasteiger partial charge in [0.05, 0.1) is 6.10 Å². The Morgan fingerprint density at radius 3 is 1.88 bits per heavy atom. The molecule has 0 aromatic heterocycles. The van der Waals surface area contributed by atoms with Gasteiger partial charge >= 0.3 is 0 Å². The Morgan fingerprint density at radius 2 is 1.59 bits per heavy atom. The molecule has 2 atom stereocenters. The van der Waals surface area contributed by atoms with Crippen LogP contribution in [0.3, 0.4) is 0 Å². The summed E-state index contributed by atoms with van der Waals surface area (Å²) in [5.74, 6) is 1.47. The highest BCUT2D eigenvalue weighted by Crippen LogP contribution is 2.41. The molecule has 2 nitrogen and oxygen atoms in total. The summed E-state index contributed by atoms with van der Waals surface area (Å²) in [6.45, 7) is 13.5. The van der Waals surface area contributed by atoms with E-state index < -0.39 is 0 Å². The second-order valence-electron chi connectivity index (χ2n) is 7.25. The van der Waals surface area contributed by atoms with Gasteiger partial charge in [-0.15, -0.1) is 0 Å². The predicted octanol–water partition coefficient (Wildman–Crippen LogP) is 3.20. The van der Waals surface area contributed by atoms with Crippen molar-refractivity contribution < 1.29 is 5.11 Å². The molecule has 0 aromatic carbocycles. The van der Waals surface area contributed by atoms with E-state index in [0.29, 0.717) is 12.1 Å². The van der Waals surface area contributed by atoms with Crippen LogP contribution in [0.15, 0.2) is 0 Å². The topological polar surface area (TPSA) is 32.3 Å². The van der Waals surface area contributed by atoms with Gasteiger partial charge in [-0.2, -0.15) is 0 Å². The molecular weight excluding hydrogens is 210 g/mol. The van der Waals surface area contributed by atoms with E-state index in [4.69, 9.17) is 0 Å². The van der Waals surface area contributed by atoms with Crippen molar-refractivity contribution in [3.63, 3.8) is 0 Å². The molecule has 2 unspecified atom stereocenters. The van der Waals surface area contributed by atoms with Crippen molar-refractivity contribution in [1.29, 1.82) is 0 Å². The standard InChI is InChI=1S/C15H31NO/c1-10(2)7-12(8-11(3)4)16-13-9-14(17)15(13,5)6/h10-14,16-17H,7-9H2,1-6H3. The zero-order valence-corrected chi connectivity index (χ0v) is 12.5. The maximum Gasteiger partial charge on any atom is 0.0621 e. The molecular formula is C15H31NO. The number of aliphatic hydroxyl groups excluding tert-OH is 1. The molecule has 0 radical (unpaired) electrons. The van der Waals surface area contributed by atoms with Crippen LogP contribution in [-0.4, -0.2) is 23.3 Å². The van der Waals surface area contributed by atoms with Crippen LogP contribution in [0.1, 0.15) is 60.8 Å². The van der Waals surface area contributed by atoms with Crippen LogP contribution in [-0.2, 0) is 0 Å². The number of rotatable bonds is 6. The van der Waals surface area contributed by atoms with Crippen LogP contribution in [0.4, 0.5) is 0 Å². The maximum atomic E-state index is 9.78. The van der Waals surface area contributed by atoms with Crippen LogP contribution in [0.25, 0.3) is 0 Å². The van der Waals surface area contributed by atoms with Crippen molar-refractivity contribution in [3.05, 3.63) is 0 Å². The van der Waals surface area contributed by atoms with Gasteiger partial charge < -0.3 is 10.4 Å². The second kappa shape index (κ2) is 5.71. The van der Waals surface area contributed by atoms with Gasteiger partial charge in [0.1, 0.15) is 0 Å². The highest BCUT2D eigenvalue weighted by molar-refractivity contribution is 5.02. The summed E-state index contributed by atoms with van der Waals surface area (Å²) in [7, 11) is 0. The predicted molar refractivity (Wildman–Crippen MR) is 74.0 cm³/mol. The fraction of sp³-hybridized carbons (Fsp3) is 1.00. The fourth-order valence-corrected chi connectivity index (χ4v) is 2.84. The lowest BCUT2D eigenvalue weighted by molar-refractivity contribution is -0.0771. The van der Waals surface area contributed by atoms with Gasteiger partial charge in [0.25, 0.3) is 0 Å². The average molecular weight is 241 g/mol. The Morgan fingerprint density at radius 1 is 1.12 bits per heavy atom. The zero-order valence-electron chi connectivity index (χ0n) is 12.5. The van der Waals surface area contributed by atoms with Crippen LogP contribution < -0.4 is 5.32 Å². The highest BCUT2D eigenvalue weighted by Gasteiger charge is 2.47. The molecule has 17 heavy (non-hydrogen) atoms. The molecule has 1 rings (SSSR count). The van der Waals surface area contributed by atoms with E-state index in [1.54, 1.807) is 0 Å². The molecule has 0 heterocycles. The lowest BCUT2D eigenvalue weighted by atomic mass is 9.64. The van der Waals surface area contributed by atoms with E-state index in [-0.39, 0.29) is 11.5 Å². The molecule has 2 N–H and O–H groups in total. The third kappa shape index (κ3) is 3.96. The molecule has 1 saturated carbocycles. The van der Waals surface area contributed by atoms with Crippen LogP contribution in [0, 0.1) is 17.3 Å². The van der Waals surface area contributed by atoms with E-state index in [1.807, 2.05) is 0 Å². The summed E-state index contributed by atoms with van der Waals surface area (Å²) in [6, 6.07) is 1.09. The first-order valence-corrected chi connectivity index (χ1v) is 7.17. The molecule has 102 valence electrons. The van der Waals surface area contributed by atoms with E-state index in [9.17, 15) is 5.11 Å². The molecule has 0 aromatic rings. The Balaban J connectivity index is 2.49. The third-order valence-corrected chi connectivity index (χ3v) is 4.16. The van der Waals surface area contributed by atoms with Gasteiger partial charge in [0.2, 0.25) is 0 Å². The summed E-state index contributed by atoms with van der Waals surface area (Å²) < 4.78 is 0. The molecule has 0 bridgehead atoms. The second-order valence-corrected chi connectivity index (χ2v) is 7.25. The van der Waals surface area contributed by atoms with Crippen molar-refractivity contribution in [1.82, 2.24) is 5.32 Å². The van der Waals surface area contributed by atoms with Crippen molar-refractivity contribution in [2.24, 2.45) is 17.3 Å². The summed E-state index contributed by atoms with van der Waals surface area (Å²) in [6.07, 6.45) is 3.26. The maximum absolute atomic E-state index is 9.78. The van der Waals surface area contributed by atoms with Crippen molar-refractivity contribution >= 4 is 0 Å². The van der Waals surface area contributed by atoms with Gasteiger partial charge in [-0.3, -0.25) is 0 Å². The summed E-state index contributed by atoms with van der Waals surface area (Å²) in [5.41, 5.74) is 0.0478. The summed E-state index contributed by atoms with van der Waals surface area (Å²) >= 11 is 0. The van der Waals surface area contributed by atoms with Crippen molar-refractivity contribution in [3.8, 4) is 0 Å². The quantitative estimate of drug-likeness (QED) is 0.748. The number of aliphatic hydroxyl groups is 1. The molecule has 1 aliphatic rings. The largest absolute Gasteiger partial charge is 0.392 e. The summed E-state index contributed by atoms with van der Waals surface area (Å²) in [5, 5.41) is 13.6. The molecule has 0 amide bonds.